The van der Waals surface area contributed by atoms with E-state index in [9.17, 15) is 9.59 Å². The Morgan fingerprint density at radius 3 is 2.47 bits per heavy atom. The van der Waals surface area contributed by atoms with Gasteiger partial charge >= 0.3 is 5.97 Å². The van der Waals surface area contributed by atoms with Crippen molar-refractivity contribution in [1.29, 1.82) is 0 Å². The van der Waals surface area contributed by atoms with Crippen LogP contribution in [0.25, 0.3) is 0 Å². The fourth-order valence-electron chi connectivity index (χ4n) is 2.43. The van der Waals surface area contributed by atoms with E-state index in [1.807, 2.05) is 6.92 Å². The molecule has 1 aromatic carbocycles. The number of carboxylic acid groups (broad SMARTS) is 1. The van der Waals surface area contributed by atoms with Crippen molar-refractivity contribution in [3.05, 3.63) is 35.4 Å². The summed E-state index contributed by atoms with van der Waals surface area (Å²) in [5, 5.41) is 9.12. The molecule has 0 bridgehead atoms. The summed E-state index contributed by atoms with van der Waals surface area (Å²) in [7, 11) is 1.69. The van der Waals surface area contributed by atoms with Crippen LogP contribution in [-0.2, 0) is 4.74 Å². The minimum absolute atomic E-state index is 0.00523. The van der Waals surface area contributed by atoms with Crippen LogP contribution in [0, 0.1) is 0 Å². The lowest BCUT2D eigenvalue weighted by Crippen LogP contribution is -2.41. The van der Waals surface area contributed by atoms with Crippen LogP contribution in [0.3, 0.4) is 0 Å². The summed E-state index contributed by atoms with van der Waals surface area (Å²) in [5.74, 6) is -1.37. The Morgan fingerprint density at radius 2 is 1.95 bits per heavy atom. The molecule has 0 radical (unpaired) electrons. The van der Waals surface area contributed by atoms with E-state index in [1.165, 1.54) is 6.07 Å². The lowest BCUT2D eigenvalue weighted by molar-refractivity contribution is 0.0565. The van der Waals surface area contributed by atoms with Crippen LogP contribution < -0.4 is 0 Å². The minimum Gasteiger partial charge on any atom is -0.478 e. The Hall–Kier alpha value is -1.88. The van der Waals surface area contributed by atoms with Crippen molar-refractivity contribution in [1.82, 2.24) is 4.90 Å². The SMILES string of the molecule is CC1OCCC1N(C)C(=O)c1ccccc1C(=O)O. The molecule has 1 saturated heterocycles. The first-order valence-corrected chi connectivity index (χ1v) is 6.23. The maximum atomic E-state index is 12.4. The molecule has 2 rings (SSSR count). The number of hydrogen-bond donors (Lipinski definition) is 1. The number of rotatable bonds is 3. The molecule has 0 spiro atoms. The number of aromatic carboxylic acids is 1. The minimum atomic E-state index is -1.09. The molecule has 102 valence electrons. The predicted molar refractivity (Wildman–Crippen MR) is 69.3 cm³/mol. The van der Waals surface area contributed by atoms with Crippen LogP contribution in [0.5, 0.6) is 0 Å². The molecule has 1 aliphatic heterocycles. The average Bonchev–Trinajstić information content (AvgIpc) is 2.83. The molecule has 2 atom stereocenters. The second-order valence-corrected chi connectivity index (χ2v) is 4.70. The highest BCUT2D eigenvalue weighted by atomic mass is 16.5. The monoisotopic (exact) mass is 263 g/mol. The molecule has 0 aliphatic carbocycles. The van der Waals surface area contributed by atoms with E-state index in [0.717, 1.165) is 6.42 Å². The van der Waals surface area contributed by atoms with Crippen molar-refractivity contribution in [3.8, 4) is 0 Å². The van der Waals surface area contributed by atoms with Gasteiger partial charge in [-0.15, -0.1) is 0 Å². The highest BCUT2D eigenvalue weighted by Crippen LogP contribution is 2.21. The molecule has 0 saturated carbocycles. The number of amides is 1. The first-order chi connectivity index (χ1) is 9.02. The molecule has 19 heavy (non-hydrogen) atoms. The van der Waals surface area contributed by atoms with Gasteiger partial charge in [-0.05, 0) is 25.5 Å². The van der Waals surface area contributed by atoms with Crippen molar-refractivity contribution in [2.45, 2.75) is 25.5 Å². The van der Waals surface area contributed by atoms with Crippen molar-refractivity contribution in [2.24, 2.45) is 0 Å². The van der Waals surface area contributed by atoms with E-state index in [1.54, 1.807) is 30.1 Å². The normalized spacial score (nSPS) is 22.2. The molecule has 1 heterocycles. The molecular formula is C14H17NO4. The maximum Gasteiger partial charge on any atom is 0.336 e. The third-order valence-corrected chi connectivity index (χ3v) is 3.54. The van der Waals surface area contributed by atoms with Gasteiger partial charge in [0.05, 0.1) is 23.3 Å². The largest absolute Gasteiger partial charge is 0.478 e. The highest BCUT2D eigenvalue weighted by Gasteiger charge is 2.32. The van der Waals surface area contributed by atoms with Gasteiger partial charge in [-0.25, -0.2) is 4.79 Å². The van der Waals surface area contributed by atoms with E-state index < -0.39 is 5.97 Å². The number of benzene rings is 1. The zero-order chi connectivity index (χ0) is 14.0. The van der Waals surface area contributed by atoms with Gasteiger partial charge in [-0.3, -0.25) is 4.79 Å². The van der Waals surface area contributed by atoms with E-state index in [0.29, 0.717) is 6.61 Å². The Bertz CT molecular complexity index is 500. The van der Waals surface area contributed by atoms with Crippen molar-refractivity contribution < 1.29 is 19.4 Å². The lowest BCUT2D eigenvalue weighted by Gasteiger charge is -2.27. The number of carboxylic acids is 1. The summed E-state index contributed by atoms with van der Waals surface area (Å²) in [6.07, 6.45) is 0.754. The van der Waals surface area contributed by atoms with Crippen molar-refractivity contribution in [3.63, 3.8) is 0 Å². The van der Waals surface area contributed by atoms with E-state index in [2.05, 4.69) is 0 Å². The second-order valence-electron chi connectivity index (χ2n) is 4.70. The van der Waals surface area contributed by atoms with E-state index in [-0.39, 0.29) is 29.2 Å². The third-order valence-electron chi connectivity index (χ3n) is 3.54. The molecular weight excluding hydrogens is 246 g/mol. The summed E-state index contributed by atoms with van der Waals surface area (Å²) in [6.45, 7) is 2.55. The lowest BCUT2D eigenvalue weighted by atomic mass is 10.0. The number of hydrogen-bond acceptors (Lipinski definition) is 3. The van der Waals surface area contributed by atoms with Gasteiger partial charge in [-0.2, -0.15) is 0 Å². The molecule has 1 aliphatic rings. The zero-order valence-electron chi connectivity index (χ0n) is 11.0. The van der Waals surface area contributed by atoms with E-state index >= 15 is 0 Å². The number of ether oxygens (including phenoxy) is 1. The Labute approximate surface area is 111 Å². The molecule has 1 fully saturated rings. The van der Waals surface area contributed by atoms with Crippen LogP contribution in [0.2, 0.25) is 0 Å². The number of carbonyl (C=O) groups excluding carboxylic acids is 1. The first kappa shape index (κ1) is 13.5. The quantitative estimate of drug-likeness (QED) is 0.900. The van der Waals surface area contributed by atoms with Crippen LogP contribution >= 0.6 is 0 Å². The fraction of sp³-hybridized carbons (Fsp3) is 0.429. The van der Waals surface area contributed by atoms with Crippen LogP contribution in [0.4, 0.5) is 0 Å². The van der Waals surface area contributed by atoms with Gasteiger partial charge in [0.25, 0.3) is 5.91 Å². The Balaban J connectivity index is 2.26. The summed E-state index contributed by atoms with van der Waals surface area (Å²) in [5.41, 5.74) is 0.252. The fourth-order valence-corrected chi connectivity index (χ4v) is 2.43. The van der Waals surface area contributed by atoms with Crippen LogP contribution in [0.1, 0.15) is 34.1 Å². The van der Waals surface area contributed by atoms with Crippen LogP contribution in [-0.4, -0.2) is 47.7 Å². The zero-order valence-corrected chi connectivity index (χ0v) is 11.0. The molecule has 0 aromatic heterocycles. The van der Waals surface area contributed by atoms with Crippen molar-refractivity contribution >= 4 is 11.9 Å². The van der Waals surface area contributed by atoms with Crippen LogP contribution in [0.15, 0.2) is 24.3 Å². The molecule has 1 amide bonds. The van der Waals surface area contributed by atoms with Gasteiger partial charge in [0, 0.05) is 13.7 Å². The van der Waals surface area contributed by atoms with Crippen molar-refractivity contribution in [2.75, 3.05) is 13.7 Å². The number of likely N-dealkylation sites (N-methyl/N-ethyl adjacent to an activating group) is 1. The summed E-state index contributed by atoms with van der Waals surface area (Å²) < 4.78 is 5.44. The van der Waals surface area contributed by atoms with Gasteiger partial charge in [0.15, 0.2) is 0 Å². The predicted octanol–water partition coefficient (Wildman–Crippen LogP) is 1.63. The Morgan fingerprint density at radius 1 is 1.32 bits per heavy atom. The van der Waals surface area contributed by atoms with E-state index in [4.69, 9.17) is 9.84 Å². The van der Waals surface area contributed by atoms with Gasteiger partial charge in [-0.1, -0.05) is 12.1 Å². The highest BCUT2D eigenvalue weighted by molar-refractivity contribution is 6.04. The molecule has 1 aromatic rings. The molecule has 2 unspecified atom stereocenters. The second kappa shape index (κ2) is 5.40. The molecule has 1 N–H and O–H groups in total. The third kappa shape index (κ3) is 2.61. The molecule has 5 nitrogen and oxygen atoms in total. The van der Waals surface area contributed by atoms with Gasteiger partial charge in [0.2, 0.25) is 0 Å². The van der Waals surface area contributed by atoms with Gasteiger partial charge < -0.3 is 14.7 Å². The summed E-state index contributed by atoms with van der Waals surface area (Å²) in [4.78, 5) is 25.1. The van der Waals surface area contributed by atoms with Gasteiger partial charge in [0.1, 0.15) is 0 Å². The topological polar surface area (TPSA) is 66.8 Å². The molecule has 5 heteroatoms. The maximum absolute atomic E-state index is 12.4. The average molecular weight is 263 g/mol. The Kier molecular flexibility index (Phi) is 3.85. The summed E-state index contributed by atoms with van der Waals surface area (Å²) in [6, 6.07) is 6.26. The number of carbonyl (C=O) groups is 2. The number of nitrogens with zero attached hydrogens (tertiary/aromatic N) is 1. The smallest absolute Gasteiger partial charge is 0.336 e. The standard InChI is InChI=1S/C14H17NO4/c1-9-12(7-8-19-9)15(2)13(16)10-5-3-4-6-11(10)14(17)18/h3-6,9,12H,7-8H2,1-2H3,(H,17,18). The summed E-state index contributed by atoms with van der Waals surface area (Å²) >= 11 is 0. The first-order valence-electron chi connectivity index (χ1n) is 6.23.